The topological polar surface area (TPSA) is 66.0 Å². The molecule has 146 valence electrons. The Bertz CT molecular complexity index is 961. The summed E-state index contributed by atoms with van der Waals surface area (Å²) in [5.74, 6) is 0.360. The minimum atomic E-state index is -2.87. The maximum Gasteiger partial charge on any atom is 0.387 e. The molecule has 2 heterocycles. The van der Waals surface area contributed by atoms with E-state index >= 15 is 0 Å². The molecular weight excluding hydrogens is 370 g/mol. The molecule has 3 aromatic rings. The molecule has 2 aromatic heterocycles. The Morgan fingerprint density at radius 3 is 2.64 bits per heavy atom. The monoisotopic (exact) mass is 388 g/mol. The standard InChI is InChI=1S/C20H18F2N2O4/c1-13-10-18(19(25)12-27-23-11-17-4-3-9-26-17)14(2)24(13)15-5-7-16(8-6-15)28-20(21)22/h3-11,20H,12H2,1-2H3/b23-11+. The predicted octanol–water partition coefficient (Wildman–Crippen LogP) is 4.52. The zero-order valence-corrected chi connectivity index (χ0v) is 15.3. The molecule has 0 aliphatic heterocycles. The van der Waals surface area contributed by atoms with Crippen molar-refractivity contribution in [1.82, 2.24) is 4.57 Å². The van der Waals surface area contributed by atoms with Crippen molar-refractivity contribution in [3.8, 4) is 11.4 Å². The lowest BCUT2D eigenvalue weighted by atomic mass is 10.1. The quantitative estimate of drug-likeness (QED) is 0.323. The van der Waals surface area contributed by atoms with Crippen LogP contribution >= 0.6 is 0 Å². The lowest BCUT2D eigenvalue weighted by Gasteiger charge is -2.11. The first kappa shape index (κ1) is 19.3. The largest absolute Gasteiger partial charge is 0.463 e. The molecule has 0 unspecified atom stereocenters. The minimum Gasteiger partial charge on any atom is -0.463 e. The van der Waals surface area contributed by atoms with Crippen LogP contribution in [0.3, 0.4) is 0 Å². The molecule has 0 aliphatic carbocycles. The molecule has 0 bridgehead atoms. The van der Waals surface area contributed by atoms with Crippen molar-refractivity contribution in [3.63, 3.8) is 0 Å². The number of nitrogens with zero attached hydrogens (tertiary/aromatic N) is 2. The van der Waals surface area contributed by atoms with Crippen LogP contribution in [0.1, 0.15) is 27.5 Å². The second-order valence-corrected chi connectivity index (χ2v) is 5.94. The number of ketones is 1. The van der Waals surface area contributed by atoms with Gasteiger partial charge in [0.15, 0.2) is 6.61 Å². The first-order chi connectivity index (χ1) is 13.5. The van der Waals surface area contributed by atoms with Gasteiger partial charge in [0.2, 0.25) is 5.78 Å². The summed E-state index contributed by atoms with van der Waals surface area (Å²) in [6.07, 6.45) is 2.88. The first-order valence-electron chi connectivity index (χ1n) is 8.42. The van der Waals surface area contributed by atoms with Crippen LogP contribution < -0.4 is 4.74 Å². The average Bonchev–Trinajstić information content (AvgIpc) is 3.27. The summed E-state index contributed by atoms with van der Waals surface area (Å²) in [6, 6.07) is 11.4. The maximum absolute atomic E-state index is 12.5. The Morgan fingerprint density at radius 1 is 1.25 bits per heavy atom. The molecule has 8 heteroatoms. The zero-order valence-electron chi connectivity index (χ0n) is 15.3. The normalized spacial score (nSPS) is 11.3. The number of aromatic nitrogens is 1. The smallest absolute Gasteiger partial charge is 0.387 e. The summed E-state index contributed by atoms with van der Waals surface area (Å²) < 4.78 is 35.8. The molecule has 3 rings (SSSR count). The summed E-state index contributed by atoms with van der Waals surface area (Å²) in [6.45, 7) is 0.558. The second kappa shape index (κ2) is 8.51. The van der Waals surface area contributed by atoms with Gasteiger partial charge in [-0.3, -0.25) is 4.79 Å². The number of carbonyl (C=O) groups excluding carboxylic acids is 1. The van der Waals surface area contributed by atoms with Crippen LogP contribution in [0.4, 0.5) is 8.78 Å². The van der Waals surface area contributed by atoms with Crippen molar-refractivity contribution in [1.29, 1.82) is 0 Å². The zero-order chi connectivity index (χ0) is 20.1. The van der Waals surface area contributed by atoms with Gasteiger partial charge < -0.3 is 18.6 Å². The van der Waals surface area contributed by atoms with Crippen molar-refractivity contribution in [2.75, 3.05) is 6.61 Å². The van der Waals surface area contributed by atoms with Crippen molar-refractivity contribution >= 4 is 12.0 Å². The minimum absolute atomic E-state index is 0.0698. The van der Waals surface area contributed by atoms with Crippen LogP contribution in [0.2, 0.25) is 0 Å². The third kappa shape index (κ3) is 4.46. The number of aryl methyl sites for hydroxylation is 1. The molecule has 0 N–H and O–H groups in total. The fraction of sp³-hybridized carbons (Fsp3) is 0.200. The van der Waals surface area contributed by atoms with Gasteiger partial charge in [-0.15, -0.1) is 0 Å². The number of hydrogen-bond donors (Lipinski definition) is 0. The Kier molecular flexibility index (Phi) is 5.88. The van der Waals surface area contributed by atoms with Crippen LogP contribution in [0.25, 0.3) is 5.69 Å². The molecule has 0 aliphatic rings. The highest BCUT2D eigenvalue weighted by Crippen LogP contribution is 2.24. The molecule has 6 nitrogen and oxygen atoms in total. The number of ether oxygens (including phenoxy) is 1. The Morgan fingerprint density at radius 2 is 2.00 bits per heavy atom. The van der Waals surface area contributed by atoms with E-state index in [2.05, 4.69) is 9.89 Å². The second-order valence-electron chi connectivity index (χ2n) is 5.94. The van der Waals surface area contributed by atoms with E-state index in [1.807, 2.05) is 11.5 Å². The molecule has 0 spiro atoms. The molecule has 0 atom stereocenters. The van der Waals surface area contributed by atoms with E-state index in [1.54, 1.807) is 37.3 Å². The molecule has 0 saturated heterocycles. The van der Waals surface area contributed by atoms with Gasteiger partial charge in [-0.2, -0.15) is 8.78 Å². The van der Waals surface area contributed by atoms with Gasteiger partial charge in [-0.05, 0) is 56.3 Å². The molecule has 1 aromatic carbocycles. The summed E-state index contributed by atoms with van der Waals surface area (Å²) in [4.78, 5) is 17.5. The van der Waals surface area contributed by atoms with Crippen LogP contribution in [0, 0.1) is 13.8 Å². The molecular formula is C20H18F2N2O4. The van der Waals surface area contributed by atoms with Gasteiger partial charge >= 0.3 is 6.61 Å². The number of rotatable bonds is 8. The third-order valence-electron chi connectivity index (χ3n) is 4.04. The number of halogens is 2. The van der Waals surface area contributed by atoms with Crippen LogP contribution in [-0.2, 0) is 4.84 Å². The Balaban J connectivity index is 1.71. The fourth-order valence-electron chi connectivity index (χ4n) is 2.85. The van der Waals surface area contributed by atoms with Crippen molar-refractivity contribution in [3.05, 3.63) is 71.4 Å². The van der Waals surface area contributed by atoms with Crippen LogP contribution in [0.15, 0.2) is 58.3 Å². The van der Waals surface area contributed by atoms with Gasteiger partial charge in [0.25, 0.3) is 0 Å². The van der Waals surface area contributed by atoms with E-state index in [-0.39, 0.29) is 18.1 Å². The number of Topliss-reactive ketones (excluding diaryl/α,β-unsaturated/α-hetero) is 1. The van der Waals surface area contributed by atoms with Gasteiger partial charge in [-0.25, -0.2) is 0 Å². The lowest BCUT2D eigenvalue weighted by Crippen LogP contribution is -2.09. The average molecular weight is 388 g/mol. The lowest BCUT2D eigenvalue weighted by molar-refractivity contribution is -0.0498. The van der Waals surface area contributed by atoms with E-state index < -0.39 is 6.61 Å². The number of hydrogen-bond acceptors (Lipinski definition) is 5. The highest BCUT2D eigenvalue weighted by molar-refractivity contribution is 5.98. The van der Waals surface area contributed by atoms with E-state index in [0.29, 0.717) is 17.0 Å². The highest BCUT2D eigenvalue weighted by Gasteiger charge is 2.17. The van der Waals surface area contributed by atoms with E-state index in [0.717, 1.165) is 11.4 Å². The molecule has 28 heavy (non-hydrogen) atoms. The van der Waals surface area contributed by atoms with Gasteiger partial charge in [-0.1, -0.05) is 5.16 Å². The molecule has 0 amide bonds. The van der Waals surface area contributed by atoms with Crippen LogP contribution in [-0.4, -0.2) is 29.8 Å². The van der Waals surface area contributed by atoms with E-state index in [4.69, 9.17) is 9.25 Å². The summed E-state index contributed by atoms with van der Waals surface area (Å²) in [5, 5.41) is 3.71. The van der Waals surface area contributed by atoms with Gasteiger partial charge in [0, 0.05) is 22.6 Å². The molecule has 0 saturated carbocycles. The van der Waals surface area contributed by atoms with Crippen molar-refractivity contribution in [2.45, 2.75) is 20.5 Å². The Hall–Kier alpha value is -3.42. The predicted molar refractivity (Wildman–Crippen MR) is 98.5 cm³/mol. The summed E-state index contributed by atoms with van der Waals surface area (Å²) in [7, 11) is 0. The molecule has 0 radical (unpaired) electrons. The molecule has 0 fully saturated rings. The summed E-state index contributed by atoms with van der Waals surface area (Å²) >= 11 is 0. The van der Waals surface area contributed by atoms with Crippen molar-refractivity contribution < 1.29 is 27.6 Å². The summed E-state index contributed by atoms with van der Waals surface area (Å²) in [5.41, 5.74) is 2.76. The fourth-order valence-corrected chi connectivity index (χ4v) is 2.85. The van der Waals surface area contributed by atoms with Gasteiger partial charge in [0.1, 0.15) is 17.7 Å². The third-order valence-corrected chi connectivity index (χ3v) is 4.04. The maximum atomic E-state index is 12.5. The SMILES string of the molecule is Cc1cc(C(=O)CO/N=C/c2ccco2)c(C)n1-c1ccc(OC(F)F)cc1. The number of alkyl halides is 2. The first-order valence-corrected chi connectivity index (χ1v) is 8.42. The van der Waals surface area contributed by atoms with Crippen LogP contribution in [0.5, 0.6) is 5.75 Å². The Labute approximate surface area is 160 Å². The number of benzene rings is 1. The number of furan rings is 1. The highest BCUT2D eigenvalue weighted by atomic mass is 19.3. The number of carbonyl (C=O) groups is 1. The van der Waals surface area contributed by atoms with Gasteiger partial charge in [0.05, 0.1) is 6.26 Å². The van der Waals surface area contributed by atoms with E-state index in [1.165, 1.54) is 24.6 Å². The number of oxime groups is 1. The van der Waals surface area contributed by atoms with E-state index in [9.17, 15) is 13.6 Å². The van der Waals surface area contributed by atoms with Crippen molar-refractivity contribution in [2.24, 2.45) is 5.16 Å².